The summed E-state index contributed by atoms with van der Waals surface area (Å²) < 4.78 is 1.40. The molecule has 2 N–H and O–H groups in total. The van der Waals surface area contributed by atoms with Crippen LogP contribution in [0, 0.1) is 17.0 Å². The van der Waals surface area contributed by atoms with Crippen molar-refractivity contribution in [2.45, 2.75) is 39.5 Å². The Bertz CT molecular complexity index is 389. The SMILES string of the molecule is Cc1cn(CC(O)CNC(C)C)nc1[N+](=O)[O-]. The molecule has 1 aromatic heterocycles. The van der Waals surface area contributed by atoms with E-state index in [-0.39, 0.29) is 12.4 Å². The molecule has 0 amide bonds. The van der Waals surface area contributed by atoms with Gasteiger partial charge in [0.1, 0.15) is 0 Å². The van der Waals surface area contributed by atoms with Crippen LogP contribution in [0.15, 0.2) is 6.20 Å². The molecule has 7 nitrogen and oxygen atoms in total. The highest BCUT2D eigenvalue weighted by Gasteiger charge is 2.18. The third kappa shape index (κ3) is 4.12. The molecule has 1 atom stereocenters. The molecule has 7 heteroatoms. The number of aliphatic hydroxyl groups excluding tert-OH is 1. The first-order valence-corrected chi connectivity index (χ1v) is 5.50. The molecule has 0 saturated carbocycles. The zero-order valence-corrected chi connectivity index (χ0v) is 10.3. The number of hydrogen-bond acceptors (Lipinski definition) is 5. The number of nitrogens with one attached hydrogen (secondary N) is 1. The average molecular weight is 242 g/mol. The van der Waals surface area contributed by atoms with E-state index >= 15 is 0 Å². The number of hydrogen-bond donors (Lipinski definition) is 2. The van der Waals surface area contributed by atoms with Crippen molar-refractivity contribution in [3.8, 4) is 0 Å². The van der Waals surface area contributed by atoms with Crippen LogP contribution in [0.1, 0.15) is 19.4 Å². The standard InChI is InChI=1S/C10H18N4O3/c1-7(2)11-4-9(15)6-13-5-8(3)10(12-13)14(16)17/h5,7,9,11,15H,4,6H2,1-3H3. The van der Waals surface area contributed by atoms with Crippen molar-refractivity contribution in [2.24, 2.45) is 0 Å². The summed E-state index contributed by atoms with van der Waals surface area (Å²) in [6.07, 6.45) is 0.952. The lowest BCUT2D eigenvalue weighted by atomic mass is 10.3. The van der Waals surface area contributed by atoms with E-state index < -0.39 is 11.0 Å². The predicted molar refractivity (Wildman–Crippen MR) is 62.8 cm³/mol. The fourth-order valence-electron chi connectivity index (χ4n) is 1.44. The van der Waals surface area contributed by atoms with Crippen LogP contribution < -0.4 is 5.32 Å². The zero-order valence-electron chi connectivity index (χ0n) is 10.3. The van der Waals surface area contributed by atoms with Crippen molar-refractivity contribution in [3.05, 3.63) is 21.9 Å². The fraction of sp³-hybridized carbons (Fsp3) is 0.700. The fourth-order valence-corrected chi connectivity index (χ4v) is 1.44. The molecule has 1 rings (SSSR count). The summed E-state index contributed by atoms with van der Waals surface area (Å²) in [5.41, 5.74) is 0.499. The van der Waals surface area contributed by atoms with E-state index in [1.807, 2.05) is 13.8 Å². The van der Waals surface area contributed by atoms with Gasteiger partial charge in [0, 0.05) is 12.6 Å². The zero-order chi connectivity index (χ0) is 13.0. The molecule has 0 spiro atoms. The van der Waals surface area contributed by atoms with Crippen molar-refractivity contribution in [3.63, 3.8) is 0 Å². The summed E-state index contributed by atoms with van der Waals surface area (Å²) in [4.78, 5) is 10.1. The lowest BCUT2D eigenvalue weighted by Gasteiger charge is -2.12. The summed E-state index contributed by atoms with van der Waals surface area (Å²) in [7, 11) is 0. The number of aromatic nitrogens is 2. The van der Waals surface area contributed by atoms with Crippen LogP contribution in [0.3, 0.4) is 0 Å². The molecular formula is C10H18N4O3. The molecule has 0 bridgehead atoms. The maximum atomic E-state index is 10.6. The van der Waals surface area contributed by atoms with Crippen molar-refractivity contribution in [1.82, 2.24) is 15.1 Å². The molecule has 0 aliphatic carbocycles. The second-order valence-corrected chi connectivity index (χ2v) is 4.33. The molecule has 0 aromatic carbocycles. The minimum absolute atomic E-state index is 0.158. The van der Waals surface area contributed by atoms with Crippen molar-refractivity contribution in [1.29, 1.82) is 0 Å². The quantitative estimate of drug-likeness (QED) is 0.558. The summed E-state index contributed by atoms with van der Waals surface area (Å²) >= 11 is 0. The summed E-state index contributed by atoms with van der Waals surface area (Å²) in [6, 6.07) is 0.290. The number of aliphatic hydroxyl groups is 1. The van der Waals surface area contributed by atoms with Gasteiger partial charge < -0.3 is 20.5 Å². The number of aryl methyl sites for hydroxylation is 1. The van der Waals surface area contributed by atoms with E-state index in [0.717, 1.165) is 0 Å². The first-order valence-electron chi connectivity index (χ1n) is 5.50. The van der Waals surface area contributed by atoms with Crippen LogP contribution in [0.2, 0.25) is 0 Å². The molecule has 0 saturated heterocycles. The minimum atomic E-state index is -0.615. The maximum absolute atomic E-state index is 10.6. The van der Waals surface area contributed by atoms with Gasteiger partial charge in [-0.3, -0.25) is 0 Å². The van der Waals surface area contributed by atoms with Crippen LogP contribution in [0.5, 0.6) is 0 Å². The largest absolute Gasteiger partial charge is 0.392 e. The predicted octanol–water partition coefficient (Wildman–Crippen LogP) is 0.459. The lowest BCUT2D eigenvalue weighted by molar-refractivity contribution is -0.390. The third-order valence-electron chi connectivity index (χ3n) is 2.25. The number of nitro groups is 1. The summed E-state index contributed by atoms with van der Waals surface area (Å²) in [6.45, 7) is 6.27. The van der Waals surface area contributed by atoms with Crippen molar-refractivity contribution < 1.29 is 10.0 Å². The molecule has 1 unspecified atom stereocenters. The van der Waals surface area contributed by atoms with Gasteiger partial charge in [0.2, 0.25) is 0 Å². The van der Waals surface area contributed by atoms with Gasteiger partial charge in [0.25, 0.3) is 0 Å². The van der Waals surface area contributed by atoms with Crippen LogP contribution in [0.4, 0.5) is 5.82 Å². The third-order valence-corrected chi connectivity index (χ3v) is 2.25. The Kier molecular flexibility index (Phi) is 4.59. The van der Waals surface area contributed by atoms with E-state index in [0.29, 0.717) is 18.2 Å². The van der Waals surface area contributed by atoms with E-state index in [9.17, 15) is 15.2 Å². The Morgan fingerprint density at radius 1 is 1.65 bits per heavy atom. The van der Waals surface area contributed by atoms with Gasteiger partial charge in [-0.1, -0.05) is 13.8 Å². The summed E-state index contributed by atoms with van der Waals surface area (Å²) in [5.74, 6) is -0.158. The Balaban J connectivity index is 2.57. The van der Waals surface area contributed by atoms with Gasteiger partial charge in [-0.05, 0) is 11.8 Å². The molecule has 0 radical (unpaired) electrons. The Hall–Kier alpha value is -1.47. The van der Waals surface area contributed by atoms with Gasteiger partial charge in [-0.15, -0.1) is 0 Å². The maximum Gasteiger partial charge on any atom is 0.392 e. The van der Waals surface area contributed by atoms with Crippen LogP contribution in [0.25, 0.3) is 0 Å². The topological polar surface area (TPSA) is 93.2 Å². The second-order valence-electron chi connectivity index (χ2n) is 4.33. The lowest BCUT2D eigenvalue weighted by Crippen LogP contribution is -2.34. The van der Waals surface area contributed by atoms with Crippen molar-refractivity contribution >= 4 is 5.82 Å². The molecule has 0 aliphatic heterocycles. The van der Waals surface area contributed by atoms with Gasteiger partial charge in [0.05, 0.1) is 29.5 Å². The minimum Gasteiger partial charge on any atom is -0.390 e. The van der Waals surface area contributed by atoms with Gasteiger partial charge in [-0.2, -0.15) is 4.68 Å². The smallest absolute Gasteiger partial charge is 0.390 e. The Labute approximate surface area is 99.6 Å². The van der Waals surface area contributed by atoms with E-state index in [2.05, 4.69) is 10.4 Å². The number of nitrogens with zero attached hydrogens (tertiary/aromatic N) is 3. The highest BCUT2D eigenvalue weighted by molar-refractivity contribution is 5.27. The van der Waals surface area contributed by atoms with Gasteiger partial charge in [0.15, 0.2) is 0 Å². The second kappa shape index (κ2) is 5.74. The first-order chi connectivity index (χ1) is 7.90. The van der Waals surface area contributed by atoms with Crippen LogP contribution >= 0.6 is 0 Å². The molecule has 96 valence electrons. The first kappa shape index (κ1) is 13.6. The Morgan fingerprint density at radius 3 is 2.76 bits per heavy atom. The molecule has 1 aromatic rings. The van der Waals surface area contributed by atoms with E-state index in [1.54, 1.807) is 13.1 Å². The highest BCUT2D eigenvalue weighted by Crippen LogP contribution is 2.13. The molecule has 0 fully saturated rings. The van der Waals surface area contributed by atoms with Crippen molar-refractivity contribution in [2.75, 3.05) is 6.54 Å². The highest BCUT2D eigenvalue weighted by atomic mass is 16.6. The molecule has 0 aliphatic rings. The monoisotopic (exact) mass is 242 g/mol. The summed E-state index contributed by atoms with van der Waals surface area (Å²) in [5, 5.41) is 27.2. The molecule has 1 heterocycles. The average Bonchev–Trinajstić information content (AvgIpc) is 2.56. The van der Waals surface area contributed by atoms with Gasteiger partial charge >= 0.3 is 5.82 Å². The van der Waals surface area contributed by atoms with E-state index in [1.165, 1.54) is 4.68 Å². The molecule has 17 heavy (non-hydrogen) atoms. The van der Waals surface area contributed by atoms with Crippen LogP contribution in [-0.2, 0) is 6.54 Å². The Morgan fingerprint density at radius 2 is 2.29 bits per heavy atom. The number of rotatable bonds is 6. The normalized spacial score (nSPS) is 13.0. The van der Waals surface area contributed by atoms with Crippen LogP contribution in [-0.4, -0.2) is 38.5 Å². The van der Waals surface area contributed by atoms with Gasteiger partial charge in [-0.25, -0.2) is 0 Å². The molecular weight excluding hydrogens is 224 g/mol. The van der Waals surface area contributed by atoms with E-state index in [4.69, 9.17) is 0 Å².